The highest BCUT2D eigenvalue weighted by molar-refractivity contribution is 7.89. The van der Waals surface area contributed by atoms with E-state index in [1.54, 1.807) is 21.3 Å². The largest absolute Gasteiger partial charge is 0.495 e. The molecule has 3 aromatic rings. The molecule has 0 spiro atoms. The average Bonchev–Trinajstić information content (AvgIpc) is 3.65. The van der Waals surface area contributed by atoms with Crippen molar-refractivity contribution in [1.82, 2.24) is 8.87 Å². The van der Waals surface area contributed by atoms with E-state index in [0.29, 0.717) is 41.6 Å². The Bertz CT molecular complexity index is 1390. The van der Waals surface area contributed by atoms with Gasteiger partial charge in [-0.25, -0.2) is 8.42 Å². The number of sulfonamides is 1. The number of nitrogens with zero attached hydrogens (tertiary/aromatic N) is 3. The Morgan fingerprint density at radius 2 is 1.77 bits per heavy atom. The van der Waals surface area contributed by atoms with E-state index >= 15 is 0 Å². The van der Waals surface area contributed by atoms with Gasteiger partial charge in [0, 0.05) is 31.8 Å². The summed E-state index contributed by atoms with van der Waals surface area (Å²) < 4.78 is 46.2. The fourth-order valence-electron chi connectivity index (χ4n) is 3.77. The highest BCUT2D eigenvalue weighted by atomic mass is 32.2. The van der Waals surface area contributed by atoms with Crippen molar-refractivity contribution in [2.75, 3.05) is 34.5 Å². The van der Waals surface area contributed by atoms with Crippen molar-refractivity contribution in [1.29, 1.82) is 0 Å². The van der Waals surface area contributed by atoms with Gasteiger partial charge in [0.1, 0.15) is 21.7 Å². The van der Waals surface area contributed by atoms with E-state index in [4.69, 9.17) is 14.2 Å². The number of ether oxygens (including phenoxy) is 3. The third-order valence-corrected chi connectivity index (χ3v) is 8.91. The summed E-state index contributed by atoms with van der Waals surface area (Å²) in [7, 11) is 1.18. The minimum atomic E-state index is -3.58. The molecular formula is C24H29N3O6S2. The van der Waals surface area contributed by atoms with Gasteiger partial charge < -0.3 is 18.8 Å². The molecule has 1 aromatic heterocycles. The monoisotopic (exact) mass is 519 g/mol. The molecule has 188 valence electrons. The maximum Gasteiger partial charge on any atom is 0.279 e. The molecule has 0 unspecified atom stereocenters. The number of methoxy groups -OCH3 is 2. The standard InChI is InChI=1S/C24H29N3O6S2/c1-5-33-15-14-27-21-19(31-3)12-13-20(32-4)22(21)34-24(27)25-23(28)16-6-10-18(11-7-16)35(29,30)26(2)17-8-9-17/h6-7,10-13,17H,5,8-9,14-15H2,1-4H3. The zero-order chi connectivity index (χ0) is 25.2. The highest BCUT2D eigenvalue weighted by Gasteiger charge is 2.35. The molecule has 1 aliphatic rings. The van der Waals surface area contributed by atoms with Gasteiger partial charge in [-0.15, -0.1) is 0 Å². The van der Waals surface area contributed by atoms with E-state index in [2.05, 4.69) is 4.99 Å². The second-order valence-corrected chi connectivity index (χ2v) is 11.0. The smallest absolute Gasteiger partial charge is 0.279 e. The SMILES string of the molecule is CCOCCn1c(=NC(=O)c2ccc(S(=O)(=O)N(C)C3CC3)cc2)sc2c(OC)ccc(OC)c21. The molecule has 0 atom stereocenters. The summed E-state index contributed by atoms with van der Waals surface area (Å²) >= 11 is 1.32. The molecule has 1 amide bonds. The molecular weight excluding hydrogens is 490 g/mol. The van der Waals surface area contributed by atoms with Crippen LogP contribution in [0.4, 0.5) is 0 Å². The quantitative estimate of drug-likeness (QED) is 0.381. The second-order valence-electron chi connectivity index (χ2n) is 8.07. The van der Waals surface area contributed by atoms with Gasteiger partial charge in [0.05, 0.1) is 25.7 Å². The molecule has 9 nitrogen and oxygen atoms in total. The van der Waals surface area contributed by atoms with Crippen LogP contribution < -0.4 is 14.3 Å². The molecule has 0 aliphatic heterocycles. The molecule has 1 heterocycles. The number of aromatic nitrogens is 1. The van der Waals surface area contributed by atoms with Crippen LogP contribution >= 0.6 is 11.3 Å². The van der Waals surface area contributed by atoms with Crippen LogP contribution in [-0.4, -0.2) is 63.7 Å². The van der Waals surface area contributed by atoms with Gasteiger partial charge in [0.2, 0.25) is 10.0 Å². The van der Waals surface area contributed by atoms with Crippen LogP contribution in [-0.2, 0) is 21.3 Å². The van der Waals surface area contributed by atoms with Gasteiger partial charge in [-0.2, -0.15) is 9.30 Å². The molecule has 1 aliphatic carbocycles. The fourth-order valence-corrected chi connectivity index (χ4v) is 6.35. The van der Waals surface area contributed by atoms with Crippen LogP contribution in [0.5, 0.6) is 11.5 Å². The van der Waals surface area contributed by atoms with Crippen molar-refractivity contribution in [2.24, 2.45) is 4.99 Å². The third kappa shape index (κ3) is 5.13. The predicted octanol–water partition coefficient (Wildman–Crippen LogP) is 3.28. The third-order valence-electron chi connectivity index (χ3n) is 5.89. The van der Waals surface area contributed by atoms with E-state index in [1.807, 2.05) is 23.6 Å². The number of benzene rings is 2. The Kier molecular flexibility index (Phi) is 7.60. The van der Waals surface area contributed by atoms with Gasteiger partial charge in [0.15, 0.2) is 4.80 Å². The number of amides is 1. The maximum absolute atomic E-state index is 13.1. The van der Waals surface area contributed by atoms with Crippen LogP contribution in [0, 0.1) is 0 Å². The van der Waals surface area contributed by atoms with E-state index in [9.17, 15) is 13.2 Å². The van der Waals surface area contributed by atoms with E-state index < -0.39 is 15.9 Å². The van der Waals surface area contributed by atoms with Crippen molar-refractivity contribution < 1.29 is 27.4 Å². The molecule has 1 saturated carbocycles. The number of carbonyl (C=O) groups is 1. The summed E-state index contributed by atoms with van der Waals surface area (Å²) in [5.74, 6) is 0.815. The number of carbonyl (C=O) groups excluding carboxylic acids is 1. The van der Waals surface area contributed by atoms with Crippen LogP contribution in [0.25, 0.3) is 10.2 Å². The molecule has 1 fully saturated rings. The number of fused-ring (bicyclic) bond motifs is 1. The normalized spacial score (nSPS) is 14.6. The van der Waals surface area contributed by atoms with Crippen LogP contribution in [0.15, 0.2) is 46.3 Å². The minimum absolute atomic E-state index is 0.0605. The lowest BCUT2D eigenvalue weighted by Crippen LogP contribution is -2.28. The van der Waals surface area contributed by atoms with Gasteiger partial charge in [-0.05, 0) is 56.2 Å². The Morgan fingerprint density at radius 1 is 1.11 bits per heavy atom. The Morgan fingerprint density at radius 3 is 2.37 bits per heavy atom. The molecule has 2 aromatic carbocycles. The first-order valence-corrected chi connectivity index (χ1v) is 13.6. The summed E-state index contributed by atoms with van der Waals surface area (Å²) in [6.07, 6.45) is 1.75. The average molecular weight is 520 g/mol. The predicted molar refractivity (Wildman–Crippen MR) is 134 cm³/mol. The lowest BCUT2D eigenvalue weighted by molar-refractivity contribution is 0.0996. The second kappa shape index (κ2) is 10.5. The van der Waals surface area contributed by atoms with Crippen molar-refractivity contribution in [3.63, 3.8) is 0 Å². The molecule has 0 bridgehead atoms. The zero-order valence-corrected chi connectivity index (χ0v) is 21.8. The van der Waals surface area contributed by atoms with Crippen molar-refractivity contribution in [2.45, 2.75) is 37.2 Å². The molecule has 11 heteroatoms. The van der Waals surface area contributed by atoms with E-state index in [-0.39, 0.29) is 10.9 Å². The summed E-state index contributed by atoms with van der Waals surface area (Å²) in [5.41, 5.74) is 1.07. The number of hydrogen-bond donors (Lipinski definition) is 0. The van der Waals surface area contributed by atoms with Crippen LogP contribution in [0.3, 0.4) is 0 Å². The lowest BCUT2D eigenvalue weighted by Gasteiger charge is -2.16. The maximum atomic E-state index is 13.1. The first kappa shape index (κ1) is 25.4. The van der Waals surface area contributed by atoms with Gasteiger partial charge >= 0.3 is 0 Å². The first-order valence-electron chi connectivity index (χ1n) is 11.3. The molecule has 0 saturated heterocycles. The zero-order valence-electron chi connectivity index (χ0n) is 20.2. The molecule has 0 N–H and O–H groups in total. The number of thiazole rings is 1. The van der Waals surface area contributed by atoms with E-state index in [1.165, 1.54) is 39.9 Å². The highest BCUT2D eigenvalue weighted by Crippen LogP contribution is 2.35. The number of rotatable bonds is 10. The summed E-state index contributed by atoms with van der Waals surface area (Å²) in [6, 6.07) is 9.60. The van der Waals surface area contributed by atoms with Gasteiger partial charge in [0.25, 0.3) is 5.91 Å². The Hall–Kier alpha value is -2.73. The van der Waals surface area contributed by atoms with Crippen LogP contribution in [0.1, 0.15) is 30.1 Å². The topological polar surface area (TPSA) is 99.4 Å². The molecule has 4 rings (SSSR count). The van der Waals surface area contributed by atoms with E-state index in [0.717, 1.165) is 23.1 Å². The van der Waals surface area contributed by atoms with Gasteiger partial charge in [-0.1, -0.05) is 11.3 Å². The summed E-state index contributed by atoms with van der Waals surface area (Å²) in [4.78, 5) is 18.1. The van der Waals surface area contributed by atoms with Crippen LogP contribution in [0.2, 0.25) is 0 Å². The Balaban J connectivity index is 1.73. The summed E-state index contributed by atoms with van der Waals surface area (Å²) in [6.45, 7) is 3.39. The molecule has 35 heavy (non-hydrogen) atoms. The first-order chi connectivity index (χ1) is 16.8. The van der Waals surface area contributed by atoms with Gasteiger partial charge in [-0.3, -0.25) is 4.79 Å². The molecule has 0 radical (unpaired) electrons. The minimum Gasteiger partial charge on any atom is -0.495 e. The van der Waals surface area contributed by atoms with Crippen molar-refractivity contribution in [3.05, 3.63) is 46.8 Å². The fraction of sp³-hybridized carbons (Fsp3) is 0.417. The summed E-state index contributed by atoms with van der Waals surface area (Å²) in [5, 5.41) is 0. The number of hydrogen-bond acceptors (Lipinski definition) is 7. The van der Waals surface area contributed by atoms with Crippen molar-refractivity contribution in [3.8, 4) is 11.5 Å². The lowest BCUT2D eigenvalue weighted by atomic mass is 10.2. The Labute approximate surface area is 208 Å². The van der Waals surface area contributed by atoms with Crippen molar-refractivity contribution >= 4 is 37.5 Å².